The minimum atomic E-state index is -3.82. The van der Waals surface area contributed by atoms with Crippen LogP contribution in [0.3, 0.4) is 0 Å². The van der Waals surface area contributed by atoms with Gasteiger partial charge in [-0.05, 0) is 83.8 Å². The van der Waals surface area contributed by atoms with Crippen LogP contribution in [0.5, 0.6) is 0 Å². The summed E-state index contributed by atoms with van der Waals surface area (Å²) in [5.41, 5.74) is 0.906. The van der Waals surface area contributed by atoms with Crippen LogP contribution in [0.15, 0.2) is 29.2 Å². The highest BCUT2D eigenvalue weighted by Gasteiger charge is 2.29. The van der Waals surface area contributed by atoms with E-state index in [4.69, 9.17) is 0 Å². The molecule has 6 N–H and O–H groups in total. The van der Waals surface area contributed by atoms with Crippen LogP contribution < -0.4 is 16.0 Å². The highest BCUT2D eigenvalue weighted by atomic mass is 32.2. The lowest BCUT2D eigenvalue weighted by atomic mass is 10.2. The van der Waals surface area contributed by atoms with Crippen molar-refractivity contribution in [3.63, 3.8) is 0 Å². The Morgan fingerprint density at radius 1 is 0.604 bits per heavy atom. The first kappa shape index (κ1) is 46.9. The number of nitrogens with zero attached hydrogens (tertiary/aromatic N) is 3. The first-order valence-electron chi connectivity index (χ1n) is 18.1. The molecule has 18 heteroatoms. The van der Waals surface area contributed by atoms with Crippen molar-refractivity contribution < 1.29 is 52.8 Å². The van der Waals surface area contributed by atoms with Crippen molar-refractivity contribution in [1.29, 1.82) is 0 Å². The highest BCUT2D eigenvalue weighted by molar-refractivity contribution is 7.92. The van der Waals surface area contributed by atoms with Gasteiger partial charge in [-0.25, -0.2) is 23.6 Å². The quantitative estimate of drug-likeness (QED) is 0.0431. The standard InChI is InChI=1S/C35H58N6O11S/c1-27-13-15-30(16-14-27)53(51,52)28(2)35(47)38-23-9-6-12-26-41(50)34(46)20-18-32(44)37-22-8-5-11-25-40(49)33(45)19-17-31(43)36-21-7-4-10-24-39(48)29(3)42/h13-16,28,48-50H,4-12,17-26H2,1-3H3,(H,36,43)(H,37,44)(H,38,47). The molecular weight excluding hydrogens is 712 g/mol. The molecule has 0 aromatic heterocycles. The van der Waals surface area contributed by atoms with Gasteiger partial charge >= 0.3 is 0 Å². The molecule has 0 aliphatic rings. The maximum atomic E-state index is 12.7. The van der Waals surface area contributed by atoms with Crippen molar-refractivity contribution in [3.8, 4) is 0 Å². The number of benzene rings is 1. The molecule has 17 nitrogen and oxygen atoms in total. The fourth-order valence-corrected chi connectivity index (χ4v) is 6.15. The zero-order chi connectivity index (χ0) is 39.8. The third kappa shape index (κ3) is 20.1. The van der Waals surface area contributed by atoms with E-state index in [1.54, 1.807) is 12.1 Å². The lowest BCUT2D eigenvalue weighted by Crippen LogP contribution is -2.38. The molecule has 0 saturated heterocycles. The summed E-state index contributed by atoms with van der Waals surface area (Å²) < 4.78 is 25.4. The Labute approximate surface area is 312 Å². The Kier molecular flexibility index (Phi) is 22.8. The van der Waals surface area contributed by atoms with E-state index in [-0.39, 0.29) is 68.6 Å². The molecule has 0 aliphatic carbocycles. The Hall–Kier alpha value is -4.13. The van der Waals surface area contributed by atoms with E-state index in [2.05, 4.69) is 16.0 Å². The van der Waals surface area contributed by atoms with Gasteiger partial charge in [-0.3, -0.25) is 44.4 Å². The summed E-state index contributed by atoms with van der Waals surface area (Å²) in [5.74, 6) is -2.90. The van der Waals surface area contributed by atoms with Crippen LogP contribution >= 0.6 is 0 Å². The maximum Gasteiger partial charge on any atom is 0.246 e. The van der Waals surface area contributed by atoms with Gasteiger partial charge < -0.3 is 16.0 Å². The molecule has 0 saturated carbocycles. The summed E-state index contributed by atoms with van der Waals surface area (Å²) in [6.07, 6.45) is 4.58. The fraction of sp³-hybridized carbons (Fsp3) is 0.657. The molecule has 53 heavy (non-hydrogen) atoms. The van der Waals surface area contributed by atoms with Crippen LogP contribution in [-0.4, -0.2) is 119 Å². The van der Waals surface area contributed by atoms with Gasteiger partial charge in [0, 0.05) is 71.9 Å². The fourth-order valence-electron chi connectivity index (χ4n) is 4.86. The third-order valence-electron chi connectivity index (χ3n) is 8.34. The van der Waals surface area contributed by atoms with Gasteiger partial charge in [-0.15, -0.1) is 0 Å². The number of unbranched alkanes of at least 4 members (excludes halogenated alkanes) is 6. The van der Waals surface area contributed by atoms with Crippen molar-refractivity contribution in [3.05, 3.63) is 29.8 Å². The number of rotatable bonds is 27. The second-order valence-corrected chi connectivity index (χ2v) is 15.1. The Balaban J connectivity index is 2.07. The smallest absolute Gasteiger partial charge is 0.246 e. The van der Waals surface area contributed by atoms with E-state index >= 15 is 0 Å². The average molecular weight is 771 g/mol. The van der Waals surface area contributed by atoms with Crippen molar-refractivity contribution in [2.45, 2.75) is 114 Å². The molecule has 0 spiro atoms. The number of hydroxylamine groups is 6. The average Bonchev–Trinajstić information content (AvgIpc) is 3.12. The molecule has 1 atom stereocenters. The third-order valence-corrected chi connectivity index (χ3v) is 10.4. The second-order valence-electron chi connectivity index (χ2n) is 12.8. The van der Waals surface area contributed by atoms with Gasteiger partial charge in [-0.1, -0.05) is 17.7 Å². The Morgan fingerprint density at radius 3 is 1.42 bits per heavy atom. The number of hydrogen-bond acceptors (Lipinski definition) is 11. The van der Waals surface area contributed by atoms with Crippen LogP contribution in [0.4, 0.5) is 0 Å². The highest BCUT2D eigenvalue weighted by Crippen LogP contribution is 2.17. The van der Waals surface area contributed by atoms with Gasteiger partial charge in [0.25, 0.3) is 0 Å². The van der Waals surface area contributed by atoms with Crippen molar-refractivity contribution >= 4 is 45.3 Å². The predicted molar refractivity (Wildman–Crippen MR) is 193 cm³/mol. The van der Waals surface area contributed by atoms with E-state index in [1.807, 2.05) is 6.92 Å². The number of sulfone groups is 1. The zero-order valence-corrected chi connectivity index (χ0v) is 32.0. The maximum absolute atomic E-state index is 12.7. The van der Waals surface area contributed by atoms with E-state index in [0.717, 1.165) is 5.56 Å². The molecule has 0 radical (unpaired) electrons. The van der Waals surface area contributed by atoms with Gasteiger partial charge in [0.15, 0.2) is 9.84 Å². The number of amides is 6. The molecule has 0 heterocycles. The lowest BCUT2D eigenvalue weighted by Gasteiger charge is -2.16. The number of carbonyl (C=O) groups is 6. The van der Waals surface area contributed by atoms with Crippen LogP contribution in [0, 0.1) is 6.92 Å². The summed E-state index contributed by atoms with van der Waals surface area (Å²) in [7, 11) is -3.82. The minimum Gasteiger partial charge on any atom is -0.356 e. The van der Waals surface area contributed by atoms with Crippen LogP contribution in [-0.2, 0) is 38.6 Å². The SMILES string of the molecule is CC(=O)N(O)CCCCCNC(=O)CCC(=O)N(O)CCCCCNC(=O)CCC(=O)N(O)CCCCCNC(=O)C(C)S(=O)(=O)c1ccc(C)cc1. The van der Waals surface area contributed by atoms with E-state index in [0.29, 0.717) is 86.1 Å². The predicted octanol–water partition coefficient (Wildman–Crippen LogP) is 2.25. The topological polar surface area (TPSA) is 243 Å². The van der Waals surface area contributed by atoms with Crippen LogP contribution in [0.25, 0.3) is 0 Å². The van der Waals surface area contributed by atoms with Crippen molar-refractivity contribution in [1.82, 2.24) is 31.1 Å². The zero-order valence-electron chi connectivity index (χ0n) is 31.2. The summed E-state index contributed by atoms with van der Waals surface area (Å²) in [4.78, 5) is 71.7. The molecule has 1 aromatic rings. The molecule has 0 fully saturated rings. The van der Waals surface area contributed by atoms with E-state index < -0.39 is 38.7 Å². The van der Waals surface area contributed by atoms with Crippen LogP contribution in [0.1, 0.15) is 103 Å². The summed E-state index contributed by atoms with van der Waals surface area (Å²) in [6, 6.07) is 6.29. The van der Waals surface area contributed by atoms with E-state index in [9.17, 15) is 52.8 Å². The van der Waals surface area contributed by atoms with Gasteiger partial charge in [-0.2, -0.15) is 0 Å². The molecule has 1 rings (SSSR count). The number of aryl methyl sites for hydroxylation is 1. The van der Waals surface area contributed by atoms with Crippen LogP contribution in [0.2, 0.25) is 0 Å². The summed E-state index contributed by atoms with van der Waals surface area (Å²) in [6.45, 7) is 5.74. The van der Waals surface area contributed by atoms with E-state index in [1.165, 1.54) is 26.0 Å². The molecular formula is C35H58N6O11S. The second kappa shape index (κ2) is 25.8. The van der Waals surface area contributed by atoms with Gasteiger partial charge in [0.1, 0.15) is 5.25 Å². The largest absolute Gasteiger partial charge is 0.356 e. The van der Waals surface area contributed by atoms with Gasteiger partial charge in [0.05, 0.1) is 4.90 Å². The summed E-state index contributed by atoms with van der Waals surface area (Å²) >= 11 is 0. The van der Waals surface area contributed by atoms with Crippen molar-refractivity contribution in [2.24, 2.45) is 0 Å². The molecule has 1 unspecified atom stereocenters. The lowest BCUT2D eigenvalue weighted by molar-refractivity contribution is -0.166. The monoisotopic (exact) mass is 770 g/mol. The molecule has 6 amide bonds. The Bertz CT molecular complexity index is 1430. The molecule has 0 bridgehead atoms. The van der Waals surface area contributed by atoms with Crippen molar-refractivity contribution in [2.75, 3.05) is 39.3 Å². The minimum absolute atomic E-state index is 0.0425. The van der Waals surface area contributed by atoms with Gasteiger partial charge in [0.2, 0.25) is 35.4 Å². The number of hydrogen-bond donors (Lipinski definition) is 6. The molecule has 1 aromatic carbocycles. The summed E-state index contributed by atoms with van der Waals surface area (Å²) in [5, 5.41) is 37.7. The molecule has 300 valence electrons. The number of nitrogens with one attached hydrogen (secondary N) is 3. The first-order chi connectivity index (χ1) is 25.1. The number of carbonyl (C=O) groups excluding carboxylic acids is 6. The normalized spacial score (nSPS) is 11.7. The molecule has 0 aliphatic heterocycles. The Morgan fingerprint density at radius 2 is 1.00 bits per heavy atom. The first-order valence-corrected chi connectivity index (χ1v) is 19.7.